The molecule has 3 aromatic rings. The maximum Gasteiger partial charge on any atom is 0.243 e. The summed E-state index contributed by atoms with van der Waals surface area (Å²) in [5, 5.41) is 2.89. The van der Waals surface area contributed by atoms with E-state index in [2.05, 4.69) is 10.0 Å². The maximum absolute atomic E-state index is 12.7. The average Bonchev–Trinajstić information content (AvgIpc) is 3.49. The van der Waals surface area contributed by atoms with E-state index in [9.17, 15) is 21.6 Å². The van der Waals surface area contributed by atoms with Gasteiger partial charge in [-0.15, -0.1) is 0 Å². The van der Waals surface area contributed by atoms with Gasteiger partial charge in [-0.1, -0.05) is 54.6 Å². The highest BCUT2D eigenvalue weighted by Gasteiger charge is 2.26. The lowest BCUT2D eigenvalue weighted by atomic mass is 10.1. The van der Waals surface area contributed by atoms with Crippen LogP contribution in [0, 0.1) is 0 Å². The van der Waals surface area contributed by atoms with Gasteiger partial charge in [-0.2, -0.15) is 4.31 Å². The lowest BCUT2D eigenvalue weighted by molar-refractivity contribution is -0.121. The third-order valence-electron chi connectivity index (χ3n) is 6.87. The van der Waals surface area contributed by atoms with Crippen LogP contribution in [0.5, 0.6) is 0 Å². The Morgan fingerprint density at radius 2 is 1.36 bits per heavy atom. The minimum atomic E-state index is -3.67. The number of carbonyl (C=O) groups is 1. The van der Waals surface area contributed by atoms with Crippen LogP contribution in [-0.2, 0) is 37.7 Å². The first-order chi connectivity index (χ1) is 18.6. The van der Waals surface area contributed by atoms with Crippen molar-refractivity contribution < 1.29 is 21.6 Å². The third-order valence-corrected chi connectivity index (χ3v) is 10.3. The van der Waals surface area contributed by atoms with Crippen molar-refractivity contribution in [2.24, 2.45) is 0 Å². The molecule has 0 aromatic heterocycles. The summed E-state index contributed by atoms with van der Waals surface area (Å²) in [5.74, 6) is -0.0988. The minimum absolute atomic E-state index is 0.0988. The Morgan fingerprint density at radius 1 is 0.795 bits per heavy atom. The summed E-state index contributed by atoms with van der Waals surface area (Å²) in [6.07, 6.45) is 3.16. The summed E-state index contributed by atoms with van der Waals surface area (Å²) < 4.78 is 55.0. The van der Waals surface area contributed by atoms with Crippen molar-refractivity contribution in [3.05, 3.63) is 95.6 Å². The van der Waals surface area contributed by atoms with Crippen LogP contribution in [-0.4, -0.2) is 46.7 Å². The smallest absolute Gasteiger partial charge is 0.243 e. The summed E-state index contributed by atoms with van der Waals surface area (Å²) in [4.78, 5) is 12.8. The highest BCUT2D eigenvalue weighted by molar-refractivity contribution is 7.89. The summed E-state index contributed by atoms with van der Waals surface area (Å²) in [6.45, 7) is 3.39. The van der Waals surface area contributed by atoms with Gasteiger partial charge < -0.3 is 5.32 Å². The second kappa shape index (κ2) is 12.9. The van der Waals surface area contributed by atoms with E-state index in [0.29, 0.717) is 37.4 Å². The Hall–Kier alpha value is -3.05. The van der Waals surface area contributed by atoms with E-state index in [-0.39, 0.29) is 23.3 Å². The molecule has 10 heteroatoms. The molecule has 0 unspecified atom stereocenters. The zero-order chi connectivity index (χ0) is 27.9. The molecule has 1 amide bonds. The van der Waals surface area contributed by atoms with Crippen molar-refractivity contribution >= 4 is 26.0 Å². The van der Waals surface area contributed by atoms with Crippen molar-refractivity contribution in [2.75, 3.05) is 19.6 Å². The fraction of sp³-hybridized carbons (Fsp3) is 0.345. The molecule has 1 fully saturated rings. The summed E-state index contributed by atoms with van der Waals surface area (Å²) in [5.41, 5.74) is 2.70. The summed E-state index contributed by atoms with van der Waals surface area (Å²) in [6, 6.07) is 22.4. The van der Waals surface area contributed by atoms with Crippen LogP contribution in [0.1, 0.15) is 48.9 Å². The third kappa shape index (κ3) is 7.76. The van der Waals surface area contributed by atoms with Gasteiger partial charge in [-0.3, -0.25) is 4.79 Å². The van der Waals surface area contributed by atoms with Gasteiger partial charge in [0.05, 0.1) is 9.79 Å². The maximum atomic E-state index is 12.7. The normalized spacial score (nSPS) is 15.2. The topological polar surface area (TPSA) is 113 Å². The molecule has 208 valence electrons. The first-order valence-corrected chi connectivity index (χ1v) is 16.1. The monoisotopic (exact) mass is 569 g/mol. The number of rotatable bonds is 12. The van der Waals surface area contributed by atoms with Crippen LogP contribution < -0.4 is 10.0 Å². The van der Waals surface area contributed by atoms with Crippen LogP contribution in [0.2, 0.25) is 0 Å². The number of benzene rings is 3. The fourth-order valence-corrected chi connectivity index (χ4v) is 7.29. The van der Waals surface area contributed by atoms with Crippen molar-refractivity contribution in [1.29, 1.82) is 0 Å². The number of sulfonamides is 2. The van der Waals surface area contributed by atoms with Crippen molar-refractivity contribution in [3.63, 3.8) is 0 Å². The predicted molar refractivity (Wildman–Crippen MR) is 151 cm³/mol. The first kappa shape index (κ1) is 28.9. The Kier molecular flexibility index (Phi) is 9.55. The van der Waals surface area contributed by atoms with E-state index in [4.69, 9.17) is 0 Å². The van der Waals surface area contributed by atoms with Gasteiger partial charge >= 0.3 is 0 Å². The minimum Gasteiger partial charge on any atom is -0.356 e. The number of nitrogens with zero attached hydrogens (tertiary/aromatic N) is 1. The lowest BCUT2D eigenvalue weighted by Gasteiger charge is -2.15. The molecule has 4 rings (SSSR count). The van der Waals surface area contributed by atoms with Crippen LogP contribution in [0.4, 0.5) is 0 Å². The number of amides is 1. The summed E-state index contributed by atoms with van der Waals surface area (Å²) in [7, 11) is -7.10. The van der Waals surface area contributed by atoms with E-state index in [1.165, 1.54) is 4.31 Å². The van der Waals surface area contributed by atoms with Gasteiger partial charge in [-0.05, 0) is 73.6 Å². The molecule has 39 heavy (non-hydrogen) atoms. The molecule has 0 spiro atoms. The summed E-state index contributed by atoms with van der Waals surface area (Å²) >= 11 is 0. The molecule has 1 saturated heterocycles. The zero-order valence-electron chi connectivity index (χ0n) is 22.0. The van der Waals surface area contributed by atoms with Crippen LogP contribution >= 0.6 is 0 Å². The van der Waals surface area contributed by atoms with E-state index in [0.717, 1.165) is 29.5 Å². The molecule has 3 aromatic carbocycles. The number of carbonyl (C=O) groups excluding carboxylic acids is 1. The predicted octanol–water partition coefficient (Wildman–Crippen LogP) is 3.80. The molecular weight excluding hydrogens is 534 g/mol. The Morgan fingerprint density at radius 3 is 1.97 bits per heavy atom. The lowest BCUT2D eigenvalue weighted by Crippen LogP contribution is -2.28. The molecule has 0 radical (unpaired) electrons. The van der Waals surface area contributed by atoms with Gasteiger partial charge in [0, 0.05) is 32.1 Å². The molecule has 1 aliphatic heterocycles. The standard InChI is InChI=1S/C29H35N3O5S2/c1-23(26-7-3-2-4-8-26)31-38(34,35)27-14-9-24(10-15-27)13-18-29(33)30-20-19-25-11-16-28(17-12-25)39(36,37)32-21-5-6-22-32/h2-4,7-12,14-17,23,31H,5-6,13,18-22H2,1H3,(H,30,33)/t23-/m1/s1. The number of aryl methyl sites for hydroxylation is 1. The number of nitrogens with one attached hydrogen (secondary N) is 2. The van der Waals surface area contributed by atoms with Gasteiger partial charge in [0.1, 0.15) is 0 Å². The largest absolute Gasteiger partial charge is 0.356 e. The van der Waals surface area contributed by atoms with Gasteiger partial charge in [0.25, 0.3) is 0 Å². The van der Waals surface area contributed by atoms with E-state index in [1.54, 1.807) is 55.5 Å². The molecule has 1 heterocycles. The SMILES string of the molecule is C[C@@H](NS(=O)(=O)c1ccc(CCC(=O)NCCc2ccc(S(=O)(=O)N3CCCC3)cc2)cc1)c1ccccc1. The molecule has 0 bridgehead atoms. The molecule has 1 aliphatic rings. The second-order valence-electron chi connectivity index (χ2n) is 9.75. The van der Waals surface area contributed by atoms with Crippen molar-refractivity contribution in [2.45, 2.75) is 54.9 Å². The molecular formula is C29H35N3O5S2. The number of hydrogen-bond acceptors (Lipinski definition) is 5. The molecule has 1 atom stereocenters. The molecule has 8 nitrogen and oxygen atoms in total. The van der Waals surface area contributed by atoms with E-state index < -0.39 is 20.0 Å². The van der Waals surface area contributed by atoms with Gasteiger partial charge in [0.15, 0.2) is 0 Å². The Labute approximate surface area is 231 Å². The van der Waals surface area contributed by atoms with E-state index in [1.807, 2.05) is 30.3 Å². The van der Waals surface area contributed by atoms with Crippen molar-refractivity contribution in [1.82, 2.24) is 14.3 Å². The number of hydrogen-bond donors (Lipinski definition) is 2. The molecule has 2 N–H and O–H groups in total. The second-order valence-corrected chi connectivity index (χ2v) is 13.4. The quantitative estimate of drug-likeness (QED) is 0.345. The molecule has 0 saturated carbocycles. The van der Waals surface area contributed by atoms with E-state index >= 15 is 0 Å². The highest BCUT2D eigenvalue weighted by Crippen LogP contribution is 2.21. The highest BCUT2D eigenvalue weighted by atomic mass is 32.2. The van der Waals surface area contributed by atoms with Crippen LogP contribution in [0.25, 0.3) is 0 Å². The van der Waals surface area contributed by atoms with Gasteiger partial charge in [-0.25, -0.2) is 21.6 Å². The average molecular weight is 570 g/mol. The Balaban J connectivity index is 1.21. The molecule has 0 aliphatic carbocycles. The van der Waals surface area contributed by atoms with Crippen molar-refractivity contribution in [3.8, 4) is 0 Å². The fourth-order valence-electron chi connectivity index (χ4n) is 4.54. The first-order valence-electron chi connectivity index (χ1n) is 13.2. The Bertz CT molecular complexity index is 1450. The van der Waals surface area contributed by atoms with Crippen LogP contribution in [0.3, 0.4) is 0 Å². The zero-order valence-corrected chi connectivity index (χ0v) is 23.7. The van der Waals surface area contributed by atoms with Crippen LogP contribution in [0.15, 0.2) is 88.7 Å². The van der Waals surface area contributed by atoms with Gasteiger partial charge in [0.2, 0.25) is 26.0 Å².